The number of aryl methyl sites for hydroxylation is 2. The maximum atomic E-state index is 5.58. The molecule has 0 saturated heterocycles. The number of rotatable bonds is 20. The van der Waals surface area contributed by atoms with Crippen molar-refractivity contribution in [3.8, 4) is 0 Å². The summed E-state index contributed by atoms with van der Waals surface area (Å²) in [5.41, 5.74) is 14.1. The predicted octanol–water partition coefficient (Wildman–Crippen LogP) is 13.4. The fourth-order valence-corrected chi connectivity index (χ4v) is 6.78. The number of aliphatic imine (C=N–C) groups is 2. The summed E-state index contributed by atoms with van der Waals surface area (Å²) in [6.07, 6.45) is 15.0. The lowest BCUT2D eigenvalue weighted by Crippen LogP contribution is -2.15. The van der Waals surface area contributed by atoms with Crippen LogP contribution in [0.5, 0.6) is 0 Å². The molecule has 0 aliphatic carbocycles. The molecule has 0 amide bonds. The molecule has 2 heteroatoms. The number of unbranched alkanes of at least 4 members (excludes halogenated alkanes) is 4. The van der Waals surface area contributed by atoms with Crippen molar-refractivity contribution >= 4 is 22.8 Å². The molecule has 0 bridgehead atoms. The van der Waals surface area contributed by atoms with E-state index in [4.69, 9.17) is 9.98 Å². The van der Waals surface area contributed by atoms with Gasteiger partial charge < -0.3 is 0 Å². The van der Waals surface area contributed by atoms with Crippen LogP contribution in [0.25, 0.3) is 0 Å². The zero-order chi connectivity index (χ0) is 33.5. The molecule has 0 spiro atoms. The highest BCUT2D eigenvalue weighted by Gasteiger charge is 2.21. The molecular weight excluding hydrogens is 544 g/mol. The molecule has 0 aliphatic rings. The lowest BCUT2D eigenvalue weighted by atomic mass is 9.87. The molecule has 2 aromatic carbocycles. The molecule has 0 atom stereocenters. The monoisotopic (exact) mass is 615 g/mol. The number of benzene rings is 2. The first-order chi connectivity index (χ1) is 21.5. The van der Waals surface area contributed by atoms with Gasteiger partial charge in [-0.2, -0.15) is 0 Å². The Morgan fingerprint density at radius 1 is 0.444 bits per heavy atom. The third kappa shape index (κ3) is 11.5. The van der Waals surface area contributed by atoms with Crippen LogP contribution in [0, 0.1) is 23.7 Å². The first kappa shape index (κ1) is 39.0. The summed E-state index contributed by atoms with van der Waals surface area (Å²) >= 11 is 0. The van der Waals surface area contributed by atoms with Crippen LogP contribution >= 0.6 is 0 Å². The zero-order valence-corrected chi connectivity index (χ0v) is 31.7. The van der Waals surface area contributed by atoms with Gasteiger partial charge in [0.1, 0.15) is 0 Å². The minimum Gasteiger partial charge on any atom is -0.257 e. The third-order valence-corrected chi connectivity index (χ3v) is 9.32. The van der Waals surface area contributed by atoms with Crippen molar-refractivity contribution in [3.63, 3.8) is 0 Å². The van der Waals surface area contributed by atoms with Crippen LogP contribution in [-0.2, 0) is 32.1 Å². The molecule has 0 saturated carbocycles. The number of hydrogen-bond donors (Lipinski definition) is 0. The molecule has 0 unspecified atom stereocenters. The molecule has 0 heterocycles. The zero-order valence-electron chi connectivity index (χ0n) is 31.7. The number of hydrogen-bond acceptors (Lipinski definition) is 2. The molecule has 0 aromatic heterocycles. The summed E-state index contributed by atoms with van der Waals surface area (Å²) in [7, 11) is 0. The van der Waals surface area contributed by atoms with Crippen LogP contribution in [0.3, 0.4) is 0 Å². The maximum absolute atomic E-state index is 5.58. The first-order valence-electron chi connectivity index (χ1n) is 18.9. The third-order valence-electron chi connectivity index (χ3n) is 9.32. The van der Waals surface area contributed by atoms with Gasteiger partial charge in [0.05, 0.1) is 11.4 Å². The van der Waals surface area contributed by atoms with Crippen LogP contribution in [0.15, 0.2) is 34.3 Å². The van der Waals surface area contributed by atoms with Crippen molar-refractivity contribution in [2.24, 2.45) is 33.7 Å². The average molecular weight is 615 g/mol. The van der Waals surface area contributed by atoms with Crippen molar-refractivity contribution in [1.82, 2.24) is 0 Å². The summed E-state index contributed by atoms with van der Waals surface area (Å²) in [4.78, 5) is 11.2. The van der Waals surface area contributed by atoms with Gasteiger partial charge in [-0.05, 0) is 115 Å². The van der Waals surface area contributed by atoms with Gasteiger partial charge in [0.15, 0.2) is 0 Å². The standard InChI is InChI=1S/C43H70N2/c1-13-17-21-34-25-27-36(38(23-19-15-3)42(34)44-40(30(5)6)31(7)8)29-37-28-26-35(22-18-14-2)43(39(37)24-20-16-4)45-41(32(9)10)33(11)12/h25-28,30-33H,13-24,29H2,1-12H3. The largest absolute Gasteiger partial charge is 0.257 e. The fourth-order valence-electron chi connectivity index (χ4n) is 6.78. The van der Waals surface area contributed by atoms with Crippen LogP contribution in [0.1, 0.15) is 168 Å². The molecule has 0 radical (unpaired) electrons. The first-order valence-corrected chi connectivity index (χ1v) is 18.9. The molecular formula is C43H70N2. The Labute approximate surface area is 280 Å². The molecule has 45 heavy (non-hydrogen) atoms. The van der Waals surface area contributed by atoms with Crippen molar-refractivity contribution in [1.29, 1.82) is 0 Å². The highest BCUT2D eigenvalue weighted by Crippen LogP contribution is 2.37. The van der Waals surface area contributed by atoms with Gasteiger partial charge in [-0.25, -0.2) is 0 Å². The van der Waals surface area contributed by atoms with Crippen LogP contribution in [0.2, 0.25) is 0 Å². The van der Waals surface area contributed by atoms with Gasteiger partial charge in [-0.1, -0.05) is 133 Å². The minimum atomic E-state index is 0.444. The van der Waals surface area contributed by atoms with E-state index in [-0.39, 0.29) is 0 Å². The maximum Gasteiger partial charge on any atom is 0.0696 e. The van der Waals surface area contributed by atoms with E-state index in [1.165, 1.54) is 108 Å². The topological polar surface area (TPSA) is 24.7 Å². The van der Waals surface area contributed by atoms with Crippen molar-refractivity contribution < 1.29 is 0 Å². The fraction of sp³-hybridized carbons (Fsp3) is 0.674. The van der Waals surface area contributed by atoms with Crippen molar-refractivity contribution in [2.45, 2.75) is 167 Å². The van der Waals surface area contributed by atoms with E-state index in [1.807, 2.05) is 0 Å². The second kappa shape index (κ2) is 20.1. The normalized spacial score (nSPS) is 11.7. The van der Waals surface area contributed by atoms with Gasteiger partial charge in [0.2, 0.25) is 0 Å². The molecule has 0 fully saturated rings. The van der Waals surface area contributed by atoms with E-state index in [9.17, 15) is 0 Å². The second-order valence-corrected chi connectivity index (χ2v) is 14.7. The molecule has 2 nitrogen and oxygen atoms in total. The Bertz CT molecular complexity index is 1110. The quantitative estimate of drug-likeness (QED) is 0.133. The van der Waals surface area contributed by atoms with Gasteiger partial charge in [0.25, 0.3) is 0 Å². The summed E-state index contributed by atoms with van der Waals surface area (Å²) < 4.78 is 0. The smallest absolute Gasteiger partial charge is 0.0696 e. The minimum absolute atomic E-state index is 0.444. The molecule has 2 rings (SSSR count). The Kier molecular flexibility index (Phi) is 17.4. The summed E-state index contributed by atoms with van der Waals surface area (Å²) in [6.45, 7) is 27.7. The predicted molar refractivity (Wildman–Crippen MR) is 204 cm³/mol. The summed E-state index contributed by atoms with van der Waals surface area (Å²) in [5, 5.41) is 0. The average Bonchev–Trinajstić information content (AvgIpc) is 2.99. The van der Waals surface area contributed by atoms with Crippen LogP contribution < -0.4 is 0 Å². The Balaban J connectivity index is 2.91. The van der Waals surface area contributed by atoms with E-state index in [1.54, 1.807) is 0 Å². The SMILES string of the molecule is CCCCc1ccc(Cc2ccc(CCCC)c(N=C(C(C)C)C(C)C)c2CCCC)c(CCCC)c1N=C(C(C)C)C(C)C. The molecule has 0 N–H and O–H groups in total. The molecule has 2 aromatic rings. The van der Waals surface area contributed by atoms with E-state index < -0.39 is 0 Å². The van der Waals surface area contributed by atoms with Crippen molar-refractivity contribution in [2.75, 3.05) is 0 Å². The van der Waals surface area contributed by atoms with Gasteiger partial charge in [-0.15, -0.1) is 0 Å². The van der Waals surface area contributed by atoms with Crippen LogP contribution in [0.4, 0.5) is 11.4 Å². The highest BCUT2D eigenvalue weighted by molar-refractivity contribution is 5.91. The van der Waals surface area contributed by atoms with E-state index in [0.29, 0.717) is 23.7 Å². The summed E-state index contributed by atoms with van der Waals surface area (Å²) in [6, 6.07) is 9.77. The van der Waals surface area contributed by atoms with Gasteiger partial charge in [0, 0.05) is 11.4 Å². The molecule has 252 valence electrons. The van der Waals surface area contributed by atoms with Gasteiger partial charge in [-0.3, -0.25) is 9.98 Å². The van der Waals surface area contributed by atoms with Gasteiger partial charge >= 0.3 is 0 Å². The van der Waals surface area contributed by atoms with Crippen LogP contribution in [-0.4, -0.2) is 11.4 Å². The van der Waals surface area contributed by atoms with E-state index in [2.05, 4.69) is 107 Å². The lowest BCUT2D eigenvalue weighted by Gasteiger charge is -2.23. The Morgan fingerprint density at radius 2 is 0.733 bits per heavy atom. The lowest BCUT2D eigenvalue weighted by molar-refractivity contribution is 0.754. The molecule has 0 aliphatic heterocycles. The highest BCUT2D eigenvalue weighted by atomic mass is 14.8. The Hall–Kier alpha value is -2.22. The van der Waals surface area contributed by atoms with Crippen molar-refractivity contribution in [3.05, 3.63) is 57.6 Å². The Morgan fingerprint density at radius 3 is 1.02 bits per heavy atom. The van der Waals surface area contributed by atoms with E-state index >= 15 is 0 Å². The second-order valence-electron chi connectivity index (χ2n) is 14.7. The van der Waals surface area contributed by atoms with E-state index in [0.717, 1.165) is 32.1 Å². The number of nitrogens with zero attached hydrogens (tertiary/aromatic N) is 2. The summed E-state index contributed by atoms with van der Waals surface area (Å²) in [5.74, 6) is 1.78.